The fourth-order valence-corrected chi connectivity index (χ4v) is 1.99. The van der Waals surface area contributed by atoms with Gasteiger partial charge in [0.15, 0.2) is 0 Å². The summed E-state index contributed by atoms with van der Waals surface area (Å²) in [5, 5.41) is 7.05. The van der Waals surface area contributed by atoms with E-state index in [2.05, 4.69) is 29.2 Å². The molecule has 1 heterocycles. The third-order valence-corrected chi connectivity index (χ3v) is 3.06. The van der Waals surface area contributed by atoms with Gasteiger partial charge >= 0.3 is 0 Å². The molecule has 19 heavy (non-hydrogen) atoms. The molecule has 6 heteroatoms. The van der Waals surface area contributed by atoms with E-state index >= 15 is 0 Å². The Labute approximate surface area is 114 Å². The molecule has 6 nitrogen and oxygen atoms in total. The van der Waals surface area contributed by atoms with Crippen molar-refractivity contribution in [2.24, 2.45) is 17.6 Å². The average molecular weight is 267 g/mol. The molecular weight excluding hydrogens is 242 g/mol. The Morgan fingerprint density at radius 3 is 2.68 bits per heavy atom. The van der Waals surface area contributed by atoms with Gasteiger partial charge in [-0.2, -0.15) is 5.10 Å². The van der Waals surface area contributed by atoms with Crippen LogP contribution in [0.3, 0.4) is 0 Å². The lowest BCUT2D eigenvalue weighted by Crippen LogP contribution is -2.40. The largest absolute Gasteiger partial charge is 0.353 e. The van der Waals surface area contributed by atoms with Gasteiger partial charge in [-0.15, -0.1) is 0 Å². The molecule has 0 fully saturated rings. The summed E-state index contributed by atoms with van der Waals surface area (Å²) < 4.78 is 1.76. The van der Waals surface area contributed by atoms with Gasteiger partial charge in [-0.1, -0.05) is 13.8 Å². The zero-order chi connectivity index (χ0) is 14.3. The first-order valence-electron chi connectivity index (χ1n) is 6.85. The molecule has 1 rings (SSSR count). The molecule has 0 radical (unpaired) electrons. The van der Waals surface area contributed by atoms with Crippen LogP contribution in [-0.4, -0.2) is 33.3 Å². The van der Waals surface area contributed by atoms with Gasteiger partial charge in [-0.05, 0) is 25.7 Å². The first-order valence-corrected chi connectivity index (χ1v) is 6.85. The molecule has 1 aromatic rings. The maximum Gasteiger partial charge on any atom is 0.224 e. The van der Waals surface area contributed by atoms with Gasteiger partial charge in [-0.25, -0.2) is 4.98 Å². The molecule has 2 unspecified atom stereocenters. The second-order valence-electron chi connectivity index (χ2n) is 5.42. The zero-order valence-corrected chi connectivity index (χ0v) is 12.0. The summed E-state index contributed by atoms with van der Waals surface area (Å²) in [5.41, 5.74) is 5.67. The number of nitrogens with two attached hydrogens (primary N) is 1. The van der Waals surface area contributed by atoms with Crippen LogP contribution in [0.25, 0.3) is 0 Å². The van der Waals surface area contributed by atoms with Crippen molar-refractivity contribution in [1.82, 2.24) is 20.1 Å². The Morgan fingerprint density at radius 1 is 1.42 bits per heavy atom. The van der Waals surface area contributed by atoms with Gasteiger partial charge in [-0.3, -0.25) is 9.48 Å². The second kappa shape index (κ2) is 7.89. The Hall–Kier alpha value is -1.43. The van der Waals surface area contributed by atoms with Crippen LogP contribution < -0.4 is 11.1 Å². The van der Waals surface area contributed by atoms with Gasteiger partial charge in [0.05, 0.1) is 5.92 Å². The van der Waals surface area contributed by atoms with Crippen LogP contribution in [0.4, 0.5) is 0 Å². The number of aromatic nitrogens is 3. The fraction of sp³-hybridized carbons (Fsp3) is 0.769. The summed E-state index contributed by atoms with van der Waals surface area (Å²) in [6, 6.07) is 0.109. The summed E-state index contributed by atoms with van der Waals surface area (Å²) in [6.07, 6.45) is 4.85. The molecule has 0 aliphatic heterocycles. The van der Waals surface area contributed by atoms with Crippen LogP contribution in [0.1, 0.15) is 33.6 Å². The fourth-order valence-electron chi connectivity index (χ4n) is 1.99. The SMILES string of the molecule is CC(C)CC(CN)C(=O)NC(C)CCn1cncn1. The van der Waals surface area contributed by atoms with Crippen molar-refractivity contribution >= 4 is 5.91 Å². The summed E-state index contributed by atoms with van der Waals surface area (Å²) in [5.74, 6) is 0.445. The highest BCUT2D eigenvalue weighted by Gasteiger charge is 2.19. The van der Waals surface area contributed by atoms with Gasteiger partial charge < -0.3 is 11.1 Å². The highest BCUT2D eigenvalue weighted by atomic mass is 16.1. The summed E-state index contributed by atoms with van der Waals surface area (Å²) >= 11 is 0. The first kappa shape index (κ1) is 15.6. The number of rotatable bonds is 8. The zero-order valence-electron chi connectivity index (χ0n) is 12.0. The van der Waals surface area contributed by atoms with Crippen LogP contribution in [0.5, 0.6) is 0 Å². The third-order valence-electron chi connectivity index (χ3n) is 3.06. The molecule has 1 amide bonds. The number of carbonyl (C=O) groups is 1. The maximum atomic E-state index is 12.1. The Morgan fingerprint density at radius 2 is 2.16 bits per heavy atom. The van der Waals surface area contributed by atoms with E-state index in [1.54, 1.807) is 11.0 Å². The minimum Gasteiger partial charge on any atom is -0.353 e. The molecule has 0 bridgehead atoms. The summed E-state index contributed by atoms with van der Waals surface area (Å²) in [7, 11) is 0. The van der Waals surface area contributed by atoms with Gasteiger partial charge in [0, 0.05) is 19.1 Å². The molecule has 0 aromatic carbocycles. The van der Waals surface area contributed by atoms with Crippen molar-refractivity contribution in [3.05, 3.63) is 12.7 Å². The van der Waals surface area contributed by atoms with Crippen molar-refractivity contribution < 1.29 is 4.79 Å². The van der Waals surface area contributed by atoms with Crippen LogP contribution in [0, 0.1) is 11.8 Å². The van der Waals surface area contributed by atoms with E-state index < -0.39 is 0 Å². The predicted octanol–water partition coefficient (Wildman–Crippen LogP) is 0.794. The molecule has 2 atom stereocenters. The lowest BCUT2D eigenvalue weighted by atomic mass is 9.96. The van der Waals surface area contributed by atoms with E-state index in [0.717, 1.165) is 19.4 Å². The van der Waals surface area contributed by atoms with Crippen LogP contribution >= 0.6 is 0 Å². The lowest BCUT2D eigenvalue weighted by Gasteiger charge is -2.20. The minimum absolute atomic E-state index is 0.0577. The smallest absolute Gasteiger partial charge is 0.224 e. The number of nitrogens with one attached hydrogen (secondary N) is 1. The van der Waals surface area contributed by atoms with Crippen molar-refractivity contribution in [3.8, 4) is 0 Å². The highest BCUT2D eigenvalue weighted by Crippen LogP contribution is 2.11. The average Bonchev–Trinajstić information content (AvgIpc) is 2.86. The number of carbonyl (C=O) groups excluding carboxylic acids is 1. The third kappa shape index (κ3) is 5.83. The summed E-state index contributed by atoms with van der Waals surface area (Å²) in [4.78, 5) is 15.9. The predicted molar refractivity (Wildman–Crippen MR) is 74.2 cm³/mol. The van der Waals surface area contributed by atoms with E-state index in [1.165, 1.54) is 6.33 Å². The molecule has 0 aliphatic rings. The van der Waals surface area contributed by atoms with Crippen LogP contribution in [0.2, 0.25) is 0 Å². The molecule has 0 saturated carbocycles. The highest BCUT2D eigenvalue weighted by molar-refractivity contribution is 5.79. The van der Waals surface area contributed by atoms with E-state index in [4.69, 9.17) is 5.73 Å². The number of hydrogen-bond donors (Lipinski definition) is 2. The van der Waals surface area contributed by atoms with Crippen LogP contribution in [0.15, 0.2) is 12.7 Å². The van der Waals surface area contributed by atoms with Crippen molar-refractivity contribution in [1.29, 1.82) is 0 Å². The number of hydrogen-bond acceptors (Lipinski definition) is 4. The van der Waals surface area contributed by atoms with Crippen molar-refractivity contribution in [2.45, 2.75) is 46.2 Å². The number of nitrogens with zero attached hydrogens (tertiary/aromatic N) is 3. The van der Waals surface area contributed by atoms with Crippen molar-refractivity contribution in [3.63, 3.8) is 0 Å². The monoisotopic (exact) mass is 267 g/mol. The maximum absolute atomic E-state index is 12.1. The molecule has 3 N–H and O–H groups in total. The molecular formula is C13H25N5O. The summed E-state index contributed by atoms with van der Waals surface area (Å²) in [6.45, 7) is 7.35. The van der Waals surface area contributed by atoms with E-state index in [1.807, 2.05) is 6.92 Å². The topological polar surface area (TPSA) is 85.8 Å². The molecule has 0 aliphatic carbocycles. The van der Waals surface area contributed by atoms with Gasteiger partial charge in [0.2, 0.25) is 5.91 Å². The van der Waals surface area contributed by atoms with Crippen molar-refractivity contribution in [2.75, 3.05) is 6.54 Å². The molecule has 0 saturated heterocycles. The quantitative estimate of drug-likeness (QED) is 0.729. The standard InChI is InChI=1S/C13H25N5O/c1-10(2)6-12(7-14)13(19)17-11(3)4-5-18-9-15-8-16-18/h8-12H,4-7,14H2,1-3H3,(H,17,19). The minimum atomic E-state index is -0.0891. The number of amides is 1. The van der Waals surface area contributed by atoms with E-state index in [9.17, 15) is 4.79 Å². The molecule has 0 spiro atoms. The normalized spacial score (nSPS) is 14.4. The molecule has 108 valence electrons. The Balaban J connectivity index is 2.33. The van der Waals surface area contributed by atoms with Crippen LogP contribution in [-0.2, 0) is 11.3 Å². The van der Waals surface area contributed by atoms with E-state index in [0.29, 0.717) is 12.5 Å². The number of aryl methyl sites for hydroxylation is 1. The van der Waals surface area contributed by atoms with Gasteiger partial charge in [0.25, 0.3) is 0 Å². The second-order valence-corrected chi connectivity index (χ2v) is 5.42. The molecule has 1 aromatic heterocycles. The Bertz CT molecular complexity index is 363. The lowest BCUT2D eigenvalue weighted by molar-refractivity contribution is -0.125. The van der Waals surface area contributed by atoms with E-state index in [-0.39, 0.29) is 17.9 Å². The van der Waals surface area contributed by atoms with Gasteiger partial charge in [0.1, 0.15) is 12.7 Å². The first-order chi connectivity index (χ1) is 9.02. The Kier molecular flexibility index (Phi) is 6.49.